The standard InChI is InChI=1S/C16H24N2O/c1-10(2)13(9-19)12-6-7-15-14(8-12)17-16(11(3)4)18(15)5/h6-8,10-11,13,19H,9H2,1-5H3. The van der Waals surface area contributed by atoms with E-state index in [0.29, 0.717) is 11.8 Å². The van der Waals surface area contributed by atoms with Gasteiger partial charge in [-0.05, 0) is 23.6 Å². The van der Waals surface area contributed by atoms with E-state index in [-0.39, 0.29) is 12.5 Å². The third-order valence-corrected chi connectivity index (χ3v) is 3.89. The maximum absolute atomic E-state index is 9.54. The summed E-state index contributed by atoms with van der Waals surface area (Å²) >= 11 is 0. The quantitative estimate of drug-likeness (QED) is 0.914. The van der Waals surface area contributed by atoms with Crippen molar-refractivity contribution < 1.29 is 5.11 Å². The fraction of sp³-hybridized carbons (Fsp3) is 0.562. The number of rotatable bonds is 4. The molecule has 1 aromatic carbocycles. The predicted octanol–water partition coefficient (Wildman–Crippen LogP) is 3.43. The van der Waals surface area contributed by atoms with Gasteiger partial charge in [-0.2, -0.15) is 0 Å². The lowest BCUT2D eigenvalue weighted by atomic mass is 9.89. The lowest BCUT2D eigenvalue weighted by molar-refractivity contribution is 0.237. The van der Waals surface area contributed by atoms with E-state index < -0.39 is 0 Å². The summed E-state index contributed by atoms with van der Waals surface area (Å²) in [4.78, 5) is 4.73. The normalized spacial score (nSPS) is 13.7. The molecule has 104 valence electrons. The SMILES string of the molecule is CC(C)c1nc2cc(C(CO)C(C)C)ccc2n1C. The minimum Gasteiger partial charge on any atom is -0.396 e. The van der Waals surface area contributed by atoms with Crippen LogP contribution in [0.25, 0.3) is 11.0 Å². The minimum atomic E-state index is 0.188. The van der Waals surface area contributed by atoms with Crippen molar-refractivity contribution in [1.82, 2.24) is 9.55 Å². The largest absolute Gasteiger partial charge is 0.396 e. The molecule has 1 N–H and O–H groups in total. The number of aryl methyl sites for hydroxylation is 1. The predicted molar refractivity (Wildman–Crippen MR) is 79.5 cm³/mol. The Hall–Kier alpha value is -1.35. The van der Waals surface area contributed by atoms with E-state index >= 15 is 0 Å². The van der Waals surface area contributed by atoms with Gasteiger partial charge in [0.05, 0.1) is 17.6 Å². The van der Waals surface area contributed by atoms with Crippen LogP contribution in [0.5, 0.6) is 0 Å². The molecule has 0 bridgehead atoms. The van der Waals surface area contributed by atoms with Gasteiger partial charge in [0.25, 0.3) is 0 Å². The van der Waals surface area contributed by atoms with Crippen molar-refractivity contribution in [1.29, 1.82) is 0 Å². The second-order valence-corrected chi connectivity index (χ2v) is 5.96. The number of hydrogen-bond acceptors (Lipinski definition) is 2. The Bertz CT molecular complexity index is 569. The van der Waals surface area contributed by atoms with Gasteiger partial charge in [0.15, 0.2) is 0 Å². The van der Waals surface area contributed by atoms with Gasteiger partial charge in [-0.15, -0.1) is 0 Å². The van der Waals surface area contributed by atoms with Crippen molar-refractivity contribution in [2.75, 3.05) is 6.61 Å². The Morgan fingerprint density at radius 2 is 1.89 bits per heavy atom. The fourth-order valence-corrected chi connectivity index (χ4v) is 2.68. The summed E-state index contributed by atoms with van der Waals surface area (Å²) in [5.74, 6) is 2.14. The van der Waals surface area contributed by atoms with Gasteiger partial charge in [0.2, 0.25) is 0 Å². The van der Waals surface area contributed by atoms with Crippen molar-refractivity contribution in [3.05, 3.63) is 29.6 Å². The average molecular weight is 260 g/mol. The molecule has 0 radical (unpaired) electrons. The zero-order valence-corrected chi connectivity index (χ0v) is 12.5. The molecule has 2 rings (SSSR count). The van der Waals surface area contributed by atoms with Gasteiger partial charge in [0.1, 0.15) is 5.82 Å². The van der Waals surface area contributed by atoms with Crippen LogP contribution in [0.15, 0.2) is 18.2 Å². The highest BCUT2D eigenvalue weighted by Gasteiger charge is 2.17. The van der Waals surface area contributed by atoms with Crippen LogP contribution in [-0.2, 0) is 7.05 Å². The smallest absolute Gasteiger partial charge is 0.112 e. The van der Waals surface area contributed by atoms with Crippen LogP contribution in [0, 0.1) is 5.92 Å². The maximum Gasteiger partial charge on any atom is 0.112 e. The summed E-state index contributed by atoms with van der Waals surface area (Å²) < 4.78 is 2.16. The van der Waals surface area contributed by atoms with Gasteiger partial charge >= 0.3 is 0 Å². The van der Waals surface area contributed by atoms with Gasteiger partial charge in [-0.1, -0.05) is 33.8 Å². The van der Waals surface area contributed by atoms with Gasteiger partial charge in [-0.3, -0.25) is 0 Å². The van der Waals surface area contributed by atoms with Crippen molar-refractivity contribution >= 4 is 11.0 Å². The molecule has 0 aliphatic heterocycles. The topological polar surface area (TPSA) is 38.1 Å². The van der Waals surface area contributed by atoms with E-state index in [1.54, 1.807) is 0 Å². The van der Waals surface area contributed by atoms with E-state index in [1.807, 2.05) is 0 Å². The van der Waals surface area contributed by atoms with E-state index in [1.165, 1.54) is 5.56 Å². The molecule has 0 aliphatic carbocycles. The number of benzene rings is 1. The fourth-order valence-electron chi connectivity index (χ4n) is 2.68. The van der Waals surface area contributed by atoms with E-state index in [4.69, 9.17) is 4.98 Å². The zero-order valence-electron chi connectivity index (χ0n) is 12.5. The second kappa shape index (κ2) is 5.33. The first-order valence-electron chi connectivity index (χ1n) is 7.02. The number of aliphatic hydroxyl groups is 1. The van der Waals surface area contributed by atoms with Crippen LogP contribution in [0.1, 0.15) is 50.9 Å². The molecule has 1 heterocycles. The summed E-state index contributed by atoms with van der Waals surface area (Å²) in [6.45, 7) is 8.79. The van der Waals surface area contributed by atoms with Crippen LogP contribution < -0.4 is 0 Å². The number of aliphatic hydroxyl groups excluding tert-OH is 1. The summed E-state index contributed by atoms with van der Waals surface area (Å²) in [7, 11) is 2.07. The minimum absolute atomic E-state index is 0.188. The first-order chi connectivity index (χ1) is 8.95. The van der Waals surface area contributed by atoms with Crippen LogP contribution in [0.4, 0.5) is 0 Å². The molecule has 3 nitrogen and oxygen atoms in total. The molecule has 1 aromatic heterocycles. The van der Waals surface area contributed by atoms with Gasteiger partial charge in [-0.25, -0.2) is 4.98 Å². The molecule has 0 saturated heterocycles. The Morgan fingerprint density at radius 1 is 1.21 bits per heavy atom. The number of aromatic nitrogens is 2. The Labute approximate surface area is 115 Å². The maximum atomic E-state index is 9.54. The summed E-state index contributed by atoms with van der Waals surface area (Å²) in [5, 5.41) is 9.54. The van der Waals surface area contributed by atoms with Crippen LogP contribution in [-0.4, -0.2) is 21.3 Å². The molecule has 0 saturated carbocycles. The van der Waals surface area contributed by atoms with E-state index in [0.717, 1.165) is 16.9 Å². The van der Waals surface area contributed by atoms with E-state index in [2.05, 4.69) is 57.5 Å². The molecule has 19 heavy (non-hydrogen) atoms. The first kappa shape index (κ1) is 14.1. The van der Waals surface area contributed by atoms with Gasteiger partial charge in [0, 0.05) is 18.9 Å². The average Bonchev–Trinajstić information content (AvgIpc) is 2.67. The molecule has 1 unspecified atom stereocenters. The monoisotopic (exact) mass is 260 g/mol. The molecular weight excluding hydrogens is 236 g/mol. The van der Waals surface area contributed by atoms with Crippen molar-refractivity contribution in [2.45, 2.75) is 39.5 Å². The third kappa shape index (κ3) is 2.52. The van der Waals surface area contributed by atoms with Crippen LogP contribution in [0.2, 0.25) is 0 Å². The van der Waals surface area contributed by atoms with E-state index in [9.17, 15) is 5.11 Å². The van der Waals surface area contributed by atoms with Crippen LogP contribution in [0.3, 0.4) is 0 Å². The highest BCUT2D eigenvalue weighted by atomic mass is 16.3. The molecule has 0 aliphatic rings. The van der Waals surface area contributed by atoms with Gasteiger partial charge < -0.3 is 9.67 Å². The Kier molecular flexibility index (Phi) is 3.95. The lowest BCUT2D eigenvalue weighted by Gasteiger charge is -2.18. The van der Waals surface area contributed by atoms with Crippen molar-refractivity contribution in [3.8, 4) is 0 Å². The third-order valence-electron chi connectivity index (χ3n) is 3.89. The molecule has 1 atom stereocenters. The second-order valence-electron chi connectivity index (χ2n) is 5.96. The van der Waals surface area contributed by atoms with Crippen LogP contribution >= 0.6 is 0 Å². The molecule has 3 heteroatoms. The number of nitrogens with zero attached hydrogens (tertiary/aromatic N) is 2. The summed E-state index contributed by atoms with van der Waals surface area (Å²) in [6, 6.07) is 6.37. The Balaban J connectivity index is 2.52. The summed E-state index contributed by atoms with van der Waals surface area (Å²) in [5.41, 5.74) is 3.37. The number of fused-ring (bicyclic) bond motifs is 1. The molecular formula is C16H24N2O. The first-order valence-corrected chi connectivity index (χ1v) is 7.02. The van der Waals surface area contributed by atoms with Crippen molar-refractivity contribution in [2.24, 2.45) is 13.0 Å². The molecule has 2 aromatic rings. The Morgan fingerprint density at radius 3 is 2.42 bits per heavy atom. The molecule has 0 fully saturated rings. The van der Waals surface area contributed by atoms with Crippen molar-refractivity contribution in [3.63, 3.8) is 0 Å². The number of imidazole rings is 1. The molecule has 0 amide bonds. The molecule has 0 spiro atoms. The highest BCUT2D eigenvalue weighted by molar-refractivity contribution is 5.77. The zero-order chi connectivity index (χ0) is 14.2. The highest BCUT2D eigenvalue weighted by Crippen LogP contribution is 2.28. The number of hydrogen-bond donors (Lipinski definition) is 1. The summed E-state index contributed by atoms with van der Waals surface area (Å²) in [6.07, 6.45) is 0. The lowest BCUT2D eigenvalue weighted by Crippen LogP contribution is -2.11.